The fourth-order valence-corrected chi connectivity index (χ4v) is 4.15. The first kappa shape index (κ1) is 18.0. The number of carbonyl (C=O) groups is 1. The molecule has 0 atom stereocenters. The molecule has 0 unspecified atom stereocenters. The lowest BCUT2D eigenvalue weighted by Crippen LogP contribution is -2.49. The first-order valence-electron chi connectivity index (χ1n) is 10.00. The first-order valence-corrected chi connectivity index (χ1v) is 10.00. The predicted molar refractivity (Wildman–Crippen MR) is 107 cm³/mol. The maximum absolute atomic E-state index is 12.5. The summed E-state index contributed by atoms with van der Waals surface area (Å²) in [5.41, 5.74) is 2.95. The quantitative estimate of drug-likeness (QED) is 0.875. The molecule has 2 N–H and O–H groups in total. The molecular weight excluding hydrogens is 340 g/mol. The highest BCUT2D eigenvalue weighted by Crippen LogP contribution is 2.16. The molecule has 3 heterocycles. The molecule has 0 bridgehead atoms. The topological polar surface area (TPSA) is 68.4 Å². The molecule has 6 nitrogen and oxygen atoms in total. The number of aromatic amines is 1. The Morgan fingerprint density at radius 3 is 2.56 bits per heavy atom. The van der Waals surface area contributed by atoms with Crippen molar-refractivity contribution >= 4 is 16.9 Å². The van der Waals surface area contributed by atoms with Crippen LogP contribution in [0.15, 0.2) is 29.1 Å². The first-order chi connectivity index (χ1) is 13.1. The van der Waals surface area contributed by atoms with Crippen molar-refractivity contribution in [3.63, 3.8) is 0 Å². The number of hydrogen-bond donors (Lipinski definition) is 2. The van der Waals surface area contributed by atoms with Gasteiger partial charge in [0.25, 0.3) is 0 Å². The van der Waals surface area contributed by atoms with E-state index in [4.69, 9.17) is 0 Å². The molecule has 6 heteroatoms. The Morgan fingerprint density at radius 1 is 1.11 bits per heavy atom. The number of carbonyl (C=O) groups excluding carboxylic acids is 1. The van der Waals surface area contributed by atoms with E-state index in [1.54, 1.807) is 6.07 Å². The summed E-state index contributed by atoms with van der Waals surface area (Å²) in [6.07, 6.45) is 4.17. The van der Waals surface area contributed by atoms with Gasteiger partial charge in [-0.25, -0.2) is 4.79 Å². The normalized spacial score (nSPS) is 18.4. The molecule has 4 rings (SSSR count). The molecule has 2 amide bonds. The van der Waals surface area contributed by atoms with E-state index in [1.165, 1.54) is 0 Å². The van der Waals surface area contributed by atoms with Crippen molar-refractivity contribution in [1.29, 1.82) is 0 Å². The van der Waals surface area contributed by atoms with Crippen LogP contribution in [0.1, 0.15) is 36.9 Å². The second kappa shape index (κ2) is 7.72. The Morgan fingerprint density at radius 2 is 1.81 bits per heavy atom. The number of fused-ring (bicyclic) bond motifs is 1. The van der Waals surface area contributed by atoms with Crippen molar-refractivity contribution in [2.24, 2.45) is 0 Å². The molecule has 1 aromatic carbocycles. The highest BCUT2D eigenvalue weighted by molar-refractivity contribution is 5.79. The van der Waals surface area contributed by atoms with Crippen molar-refractivity contribution in [2.75, 3.05) is 26.2 Å². The van der Waals surface area contributed by atoms with E-state index in [2.05, 4.69) is 10.3 Å². The van der Waals surface area contributed by atoms with Crippen LogP contribution in [-0.2, 0) is 6.54 Å². The Hall–Kier alpha value is -2.34. The number of rotatable bonds is 3. The number of piperidine rings is 1. The van der Waals surface area contributed by atoms with Gasteiger partial charge < -0.3 is 20.1 Å². The van der Waals surface area contributed by atoms with E-state index in [1.807, 2.05) is 34.9 Å². The minimum atomic E-state index is 0.0651. The smallest absolute Gasteiger partial charge is 0.319 e. The van der Waals surface area contributed by atoms with E-state index < -0.39 is 0 Å². The summed E-state index contributed by atoms with van der Waals surface area (Å²) in [6.45, 7) is 6.07. The lowest BCUT2D eigenvalue weighted by Gasteiger charge is -2.34. The summed E-state index contributed by atoms with van der Waals surface area (Å²) >= 11 is 0. The van der Waals surface area contributed by atoms with Gasteiger partial charge in [-0.3, -0.25) is 4.79 Å². The molecule has 0 spiro atoms. The number of likely N-dealkylation sites (tertiary alicyclic amines) is 2. The van der Waals surface area contributed by atoms with Gasteiger partial charge in [0, 0.05) is 61.4 Å². The summed E-state index contributed by atoms with van der Waals surface area (Å²) in [7, 11) is 0. The van der Waals surface area contributed by atoms with Crippen LogP contribution in [0.25, 0.3) is 10.9 Å². The Balaban J connectivity index is 1.32. The Kier molecular flexibility index (Phi) is 5.16. The standard InChI is InChI=1S/C21H28N4O2/c1-15-4-5-19-18(12-15)20(26)13-17(23-19)14-22-16-6-10-25(11-7-16)21(27)24-8-2-3-9-24/h4-5,12-13,16,22H,2-3,6-11,14H2,1H3,(H,23,26). The molecule has 0 radical (unpaired) electrons. The van der Waals surface area contributed by atoms with E-state index >= 15 is 0 Å². The fourth-order valence-electron chi connectivity index (χ4n) is 4.15. The van der Waals surface area contributed by atoms with Gasteiger partial charge in [0.15, 0.2) is 5.43 Å². The lowest BCUT2D eigenvalue weighted by molar-refractivity contribution is 0.145. The van der Waals surface area contributed by atoms with E-state index in [9.17, 15) is 9.59 Å². The monoisotopic (exact) mass is 368 g/mol. The Bertz CT molecular complexity index is 877. The minimum Gasteiger partial charge on any atom is -0.357 e. The second-order valence-corrected chi connectivity index (χ2v) is 7.83. The summed E-state index contributed by atoms with van der Waals surface area (Å²) in [6, 6.07) is 8.20. The number of aromatic nitrogens is 1. The molecule has 2 aliphatic heterocycles. The maximum atomic E-state index is 12.5. The van der Waals surface area contributed by atoms with Crippen LogP contribution < -0.4 is 10.7 Å². The zero-order valence-corrected chi connectivity index (χ0v) is 16.0. The molecule has 0 saturated carbocycles. The van der Waals surface area contributed by atoms with Gasteiger partial charge in [-0.15, -0.1) is 0 Å². The third-order valence-electron chi connectivity index (χ3n) is 5.76. The summed E-state index contributed by atoms with van der Waals surface area (Å²) in [5.74, 6) is 0. The van der Waals surface area contributed by atoms with Gasteiger partial charge in [0.05, 0.1) is 0 Å². The van der Waals surface area contributed by atoms with Gasteiger partial charge in [-0.1, -0.05) is 11.6 Å². The van der Waals surface area contributed by atoms with Gasteiger partial charge in [-0.05, 0) is 44.7 Å². The van der Waals surface area contributed by atoms with Gasteiger partial charge in [0.1, 0.15) is 0 Å². The number of hydrogen-bond acceptors (Lipinski definition) is 3. The molecule has 2 fully saturated rings. The molecule has 2 saturated heterocycles. The third-order valence-corrected chi connectivity index (χ3v) is 5.76. The van der Waals surface area contributed by atoms with E-state index in [0.29, 0.717) is 12.6 Å². The molecule has 2 aliphatic rings. The SMILES string of the molecule is Cc1ccc2[nH]c(CNC3CCN(C(=O)N4CCCC4)CC3)cc(=O)c2c1. The number of pyridine rings is 1. The van der Waals surface area contributed by atoms with Crippen LogP contribution >= 0.6 is 0 Å². The van der Waals surface area contributed by atoms with Crippen molar-refractivity contribution in [3.05, 3.63) is 45.7 Å². The summed E-state index contributed by atoms with van der Waals surface area (Å²) < 4.78 is 0. The zero-order valence-electron chi connectivity index (χ0n) is 16.0. The van der Waals surface area contributed by atoms with Crippen LogP contribution in [0.3, 0.4) is 0 Å². The largest absolute Gasteiger partial charge is 0.357 e. The molecule has 144 valence electrons. The van der Waals surface area contributed by atoms with Crippen LogP contribution in [0, 0.1) is 6.92 Å². The van der Waals surface area contributed by atoms with E-state index in [-0.39, 0.29) is 11.5 Å². The highest BCUT2D eigenvalue weighted by atomic mass is 16.2. The summed E-state index contributed by atoms with van der Waals surface area (Å²) in [5, 5.41) is 4.29. The second-order valence-electron chi connectivity index (χ2n) is 7.83. The molecule has 2 aromatic rings. The van der Waals surface area contributed by atoms with E-state index in [0.717, 1.165) is 74.0 Å². The summed E-state index contributed by atoms with van der Waals surface area (Å²) in [4.78, 5) is 32.2. The zero-order chi connectivity index (χ0) is 18.8. The van der Waals surface area contributed by atoms with Crippen molar-refractivity contribution in [3.8, 4) is 0 Å². The van der Waals surface area contributed by atoms with Crippen LogP contribution in [-0.4, -0.2) is 53.0 Å². The number of benzene rings is 1. The maximum Gasteiger partial charge on any atom is 0.319 e. The average Bonchev–Trinajstić information content (AvgIpc) is 3.22. The number of nitrogens with zero attached hydrogens (tertiary/aromatic N) is 2. The van der Waals surface area contributed by atoms with Crippen molar-refractivity contribution in [1.82, 2.24) is 20.1 Å². The van der Waals surface area contributed by atoms with Crippen molar-refractivity contribution in [2.45, 2.75) is 45.2 Å². The van der Waals surface area contributed by atoms with Gasteiger partial charge in [-0.2, -0.15) is 0 Å². The molecular formula is C21H28N4O2. The number of urea groups is 1. The van der Waals surface area contributed by atoms with Crippen molar-refractivity contribution < 1.29 is 4.79 Å². The molecule has 0 aliphatic carbocycles. The number of nitrogens with one attached hydrogen (secondary N) is 2. The van der Waals surface area contributed by atoms with Gasteiger partial charge in [0.2, 0.25) is 0 Å². The number of H-pyrrole nitrogens is 1. The number of aryl methyl sites for hydroxylation is 1. The van der Waals surface area contributed by atoms with Crippen LogP contribution in [0.2, 0.25) is 0 Å². The lowest BCUT2D eigenvalue weighted by atomic mass is 10.1. The highest BCUT2D eigenvalue weighted by Gasteiger charge is 2.27. The third kappa shape index (κ3) is 4.00. The van der Waals surface area contributed by atoms with Crippen LogP contribution in [0.5, 0.6) is 0 Å². The molecule has 1 aromatic heterocycles. The van der Waals surface area contributed by atoms with Crippen LogP contribution in [0.4, 0.5) is 4.79 Å². The fraction of sp³-hybridized carbons (Fsp3) is 0.524. The average molecular weight is 368 g/mol. The Labute approximate surface area is 159 Å². The molecule has 27 heavy (non-hydrogen) atoms. The predicted octanol–water partition coefficient (Wildman–Crippen LogP) is 2.61. The van der Waals surface area contributed by atoms with Gasteiger partial charge >= 0.3 is 6.03 Å². The minimum absolute atomic E-state index is 0.0651. The number of amides is 2.